The molecule has 1 aliphatic heterocycles. The molecule has 2 fully saturated rings. The molecule has 0 aromatic carbocycles. The third-order valence-electron chi connectivity index (χ3n) is 3.38. The van der Waals surface area contributed by atoms with Crippen LogP contribution in [0.4, 0.5) is 0 Å². The Bertz CT molecular complexity index is 240. The monoisotopic (exact) mass is 261 g/mol. The van der Waals surface area contributed by atoms with Gasteiger partial charge in [0.25, 0.3) is 0 Å². The van der Waals surface area contributed by atoms with E-state index in [1.54, 1.807) is 0 Å². The van der Waals surface area contributed by atoms with Crippen LogP contribution in [0.2, 0.25) is 0 Å². The SMILES string of the molecule is CN(CC(=O)NC1CC1)CC1CCNCC1.Cl. The number of carbonyl (C=O) groups excluding carboxylic acids is 1. The minimum absolute atomic E-state index is 0. The van der Waals surface area contributed by atoms with Gasteiger partial charge < -0.3 is 10.6 Å². The summed E-state index contributed by atoms with van der Waals surface area (Å²) in [6.07, 6.45) is 4.83. The average molecular weight is 262 g/mol. The third kappa shape index (κ3) is 5.70. The normalized spacial score (nSPS) is 21.1. The van der Waals surface area contributed by atoms with Gasteiger partial charge in [-0.25, -0.2) is 0 Å². The first-order chi connectivity index (χ1) is 7.74. The summed E-state index contributed by atoms with van der Waals surface area (Å²) in [5, 5.41) is 6.39. The van der Waals surface area contributed by atoms with Crippen molar-refractivity contribution in [1.29, 1.82) is 0 Å². The molecule has 100 valence electrons. The molecule has 1 amide bonds. The van der Waals surface area contributed by atoms with Crippen molar-refractivity contribution in [1.82, 2.24) is 15.5 Å². The van der Waals surface area contributed by atoms with E-state index >= 15 is 0 Å². The van der Waals surface area contributed by atoms with Crippen molar-refractivity contribution in [3.05, 3.63) is 0 Å². The Labute approximate surface area is 110 Å². The first kappa shape index (κ1) is 14.7. The zero-order chi connectivity index (χ0) is 11.4. The van der Waals surface area contributed by atoms with E-state index in [0.717, 1.165) is 25.6 Å². The van der Waals surface area contributed by atoms with Crippen molar-refractivity contribution in [2.75, 3.05) is 33.2 Å². The zero-order valence-electron chi connectivity index (χ0n) is 10.6. The van der Waals surface area contributed by atoms with E-state index in [-0.39, 0.29) is 18.3 Å². The van der Waals surface area contributed by atoms with Crippen LogP contribution in [0.5, 0.6) is 0 Å². The number of halogens is 1. The molecule has 2 N–H and O–H groups in total. The molecule has 1 heterocycles. The van der Waals surface area contributed by atoms with Crippen LogP contribution in [0, 0.1) is 5.92 Å². The number of piperidine rings is 1. The predicted molar refractivity (Wildman–Crippen MR) is 71.5 cm³/mol. The van der Waals surface area contributed by atoms with E-state index in [1.165, 1.54) is 25.7 Å². The fourth-order valence-corrected chi connectivity index (χ4v) is 2.32. The summed E-state index contributed by atoms with van der Waals surface area (Å²) in [5.74, 6) is 0.957. The fraction of sp³-hybridized carbons (Fsp3) is 0.917. The first-order valence-electron chi connectivity index (χ1n) is 6.42. The Balaban J connectivity index is 0.00000144. The standard InChI is InChI=1S/C12H23N3O.ClH/c1-15(8-10-4-6-13-7-5-10)9-12(16)14-11-2-3-11;/h10-11,13H,2-9H2,1H3,(H,14,16);1H. The highest BCUT2D eigenvalue weighted by molar-refractivity contribution is 5.85. The summed E-state index contributed by atoms with van der Waals surface area (Å²) in [6.45, 7) is 3.87. The lowest BCUT2D eigenvalue weighted by Crippen LogP contribution is -2.40. The maximum absolute atomic E-state index is 11.6. The van der Waals surface area contributed by atoms with E-state index in [1.807, 2.05) is 0 Å². The second-order valence-electron chi connectivity index (χ2n) is 5.23. The molecule has 0 aromatic rings. The molecule has 17 heavy (non-hydrogen) atoms. The van der Waals surface area contributed by atoms with Crippen LogP contribution in [0.15, 0.2) is 0 Å². The van der Waals surface area contributed by atoms with Crippen molar-refractivity contribution >= 4 is 18.3 Å². The zero-order valence-corrected chi connectivity index (χ0v) is 11.4. The molecule has 1 aliphatic carbocycles. The number of hydrogen-bond acceptors (Lipinski definition) is 3. The van der Waals surface area contributed by atoms with E-state index in [0.29, 0.717) is 12.6 Å². The number of rotatable bonds is 5. The number of carbonyl (C=O) groups is 1. The Morgan fingerprint density at radius 2 is 1.94 bits per heavy atom. The molecule has 1 saturated carbocycles. The maximum atomic E-state index is 11.6. The summed E-state index contributed by atoms with van der Waals surface area (Å²) < 4.78 is 0. The van der Waals surface area contributed by atoms with Crippen LogP contribution in [0.1, 0.15) is 25.7 Å². The second-order valence-corrected chi connectivity index (χ2v) is 5.23. The molecule has 2 rings (SSSR count). The van der Waals surface area contributed by atoms with Gasteiger partial charge >= 0.3 is 0 Å². The average Bonchev–Trinajstić information content (AvgIpc) is 3.02. The molecular weight excluding hydrogens is 238 g/mol. The lowest BCUT2D eigenvalue weighted by Gasteiger charge is -2.27. The van der Waals surface area contributed by atoms with Gasteiger partial charge in [-0.15, -0.1) is 12.4 Å². The summed E-state index contributed by atoms with van der Waals surface area (Å²) >= 11 is 0. The van der Waals surface area contributed by atoms with Crippen molar-refractivity contribution in [2.45, 2.75) is 31.7 Å². The second kappa shape index (κ2) is 7.19. The van der Waals surface area contributed by atoms with Crippen LogP contribution < -0.4 is 10.6 Å². The van der Waals surface area contributed by atoms with Crippen LogP contribution in [-0.4, -0.2) is 50.1 Å². The van der Waals surface area contributed by atoms with Crippen LogP contribution >= 0.6 is 12.4 Å². The van der Waals surface area contributed by atoms with Gasteiger partial charge in [0.15, 0.2) is 0 Å². The quantitative estimate of drug-likeness (QED) is 0.763. The third-order valence-corrected chi connectivity index (χ3v) is 3.38. The van der Waals surface area contributed by atoms with Crippen molar-refractivity contribution < 1.29 is 4.79 Å². The minimum atomic E-state index is 0. The Morgan fingerprint density at radius 3 is 2.53 bits per heavy atom. The van der Waals surface area contributed by atoms with E-state index in [4.69, 9.17) is 0 Å². The number of nitrogens with one attached hydrogen (secondary N) is 2. The van der Waals surface area contributed by atoms with E-state index < -0.39 is 0 Å². The van der Waals surface area contributed by atoms with Gasteiger partial charge in [-0.3, -0.25) is 9.69 Å². The summed E-state index contributed by atoms with van der Waals surface area (Å²) in [6, 6.07) is 0.486. The van der Waals surface area contributed by atoms with Gasteiger partial charge in [0.2, 0.25) is 5.91 Å². The first-order valence-corrected chi connectivity index (χ1v) is 6.42. The van der Waals surface area contributed by atoms with Gasteiger partial charge in [-0.1, -0.05) is 0 Å². The predicted octanol–water partition coefficient (Wildman–Crippen LogP) is 0.618. The Hall–Kier alpha value is -0.320. The highest BCUT2D eigenvalue weighted by Gasteiger charge is 2.24. The van der Waals surface area contributed by atoms with Crippen LogP contribution in [0.3, 0.4) is 0 Å². The molecule has 2 aliphatic rings. The molecule has 4 nitrogen and oxygen atoms in total. The molecule has 0 radical (unpaired) electrons. The van der Waals surface area contributed by atoms with Gasteiger partial charge in [0.05, 0.1) is 6.54 Å². The van der Waals surface area contributed by atoms with Crippen molar-refractivity contribution in [2.24, 2.45) is 5.92 Å². The highest BCUT2D eigenvalue weighted by atomic mass is 35.5. The molecule has 0 bridgehead atoms. The van der Waals surface area contributed by atoms with E-state index in [9.17, 15) is 4.79 Å². The lowest BCUT2D eigenvalue weighted by atomic mass is 9.98. The Kier molecular flexibility index (Phi) is 6.23. The molecule has 0 aromatic heterocycles. The van der Waals surface area contributed by atoms with Gasteiger partial charge in [-0.2, -0.15) is 0 Å². The number of likely N-dealkylation sites (N-methyl/N-ethyl adjacent to an activating group) is 1. The summed E-state index contributed by atoms with van der Waals surface area (Å²) in [7, 11) is 2.05. The molecule has 1 saturated heterocycles. The number of nitrogens with zero attached hydrogens (tertiary/aromatic N) is 1. The molecule has 0 unspecified atom stereocenters. The summed E-state index contributed by atoms with van der Waals surface area (Å²) in [4.78, 5) is 13.7. The van der Waals surface area contributed by atoms with E-state index in [2.05, 4.69) is 22.6 Å². The van der Waals surface area contributed by atoms with Gasteiger partial charge in [-0.05, 0) is 51.7 Å². The Morgan fingerprint density at radius 1 is 1.29 bits per heavy atom. The molecular formula is C12H24ClN3O. The minimum Gasteiger partial charge on any atom is -0.352 e. The number of hydrogen-bond donors (Lipinski definition) is 2. The van der Waals surface area contributed by atoms with Crippen LogP contribution in [0.25, 0.3) is 0 Å². The van der Waals surface area contributed by atoms with Crippen LogP contribution in [-0.2, 0) is 4.79 Å². The molecule has 0 atom stereocenters. The van der Waals surface area contributed by atoms with Crippen molar-refractivity contribution in [3.8, 4) is 0 Å². The smallest absolute Gasteiger partial charge is 0.234 e. The van der Waals surface area contributed by atoms with Crippen molar-refractivity contribution in [3.63, 3.8) is 0 Å². The summed E-state index contributed by atoms with van der Waals surface area (Å²) in [5.41, 5.74) is 0. The topological polar surface area (TPSA) is 44.4 Å². The molecule has 5 heteroatoms. The highest BCUT2D eigenvalue weighted by Crippen LogP contribution is 2.18. The maximum Gasteiger partial charge on any atom is 0.234 e. The fourth-order valence-electron chi connectivity index (χ4n) is 2.32. The lowest BCUT2D eigenvalue weighted by molar-refractivity contribution is -0.122. The molecule has 0 spiro atoms. The largest absolute Gasteiger partial charge is 0.352 e. The van der Waals surface area contributed by atoms with Gasteiger partial charge in [0.1, 0.15) is 0 Å². The van der Waals surface area contributed by atoms with Gasteiger partial charge in [0, 0.05) is 12.6 Å². The number of amides is 1.